The molecular weight excluding hydrogens is 208 g/mol. The number of benzene rings is 1. The van der Waals surface area contributed by atoms with E-state index in [1.54, 1.807) is 0 Å². The van der Waals surface area contributed by atoms with E-state index in [1.807, 2.05) is 11.7 Å². The Morgan fingerprint density at radius 2 is 1.82 bits per heavy atom. The molecule has 1 aromatic carbocycles. The second-order valence-electron chi connectivity index (χ2n) is 4.71. The molecular formula is C15H20N2. The highest BCUT2D eigenvalue weighted by atomic mass is 15.3. The summed E-state index contributed by atoms with van der Waals surface area (Å²) in [4.78, 5) is 0. The van der Waals surface area contributed by atoms with Gasteiger partial charge in [-0.3, -0.25) is 4.68 Å². The topological polar surface area (TPSA) is 17.8 Å². The van der Waals surface area contributed by atoms with Gasteiger partial charge in [-0.1, -0.05) is 51.1 Å². The van der Waals surface area contributed by atoms with Crippen molar-refractivity contribution in [3.05, 3.63) is 41.6 Å². The van der Waals surface area contributed by atoms with Gasteiger partial charge in [-0.15, -0.1) is 0 Å². The lowest BCUT2D eigenvalue weighted by Crippen LogP contribution is -1.96. The molecule has 0 radical (unpaired) electrons. The first-order valence-electron chi connectivity index (χ1n) is 6.26. The number of hydrogen-bond donors (Lipinski definition) is 0. The van der Waals surface area contributed by atoms with Crippen LogP contribution in [0.2, 0.25) is 0 Å². The number of hydrogen-bond acceptors (Lipinski definition) is 1. The zero-order valence-electron chi connectivity index (χ0n) is 11.1. The maximum Gasteiger partial charge on any atom is 0.0716 e. The third kappa shape index (κ3) is 2.12. The molecule has 0 aliphatic carbocycles. The number of aryl methyl sites for hydroxylation is 2. The van der Waals surface area contributed by atoms with Crippen molar-refractivity contribution in [2.24, 2.45) is 7.05 Å². The first-order valence-corrected chi connectivity index (χ1v) is 6.26. The fourth-order valence-electron chi connectivity index (χ4n) is 2.40. The first kappa shape index (κ1) is 11.9. The summed E-state index contributed by atoms with van der Waals surface area (Å²) in [5.41, 5.74) is 5.13. The van der Waals surface area contributed by atoms with Crippen molar-refractivity contribution in [2.45, 2.75) is 33.1 Å². The quantitative estimate of drug-likeness (QED) is 0.782. The van der Waals surface area contributed by atoms with Crippen LogP contribution in [-0.2, 0) is 13.5 Å². The predicted molar refractivity (Wildman–Crippen MR) is 72.1 cm³/mol. The second-order valence-corrected chi connectivity index (χ2v) is 4.71. The standard InChI is InChI=1S/C15H20N2/c1-5-13-14(11(2)3)15(17(4)16-13)12-9-7-6-8-10-12/h6-11H,5H2,1-4H3. The van der Waals surface area contributed by atoms with Gasteiger partial charge in [0.25, 0.3) is 0 Å². The molecule has 0 fully saturated rings. The van der Waals surface area contributed by atoms with Gasteiger partial charge < -0.3 is 0 Å². The normalized spacial score (nSPS) is 11.1. The van der Waals surface area contributed by atoms with Gasteiger partial charge in [0, 0.05) is 18.2 Å². The highest BCUT2D eigenvalue weighted by Crippen LogP contribution is 2.31. The summed E-state index contributed by atoms with van der Waals surface area (Å²) >= 11 is 0. The summed E-state index contributed by atoms with van der Waals surface area (Å²) in [6, 6.07) is 10.5. The number of nitrogens with zero attached hydrogens (tertiary/aromatic N) is 2. The zero-order valence-corrected chi connectivity index (χ0v) is 11.1. The third-order valence-electron chi connectivity index (χ3n) is 3.12. The van der Waals surface area contributed by atoms with Crippen LogP contribution < -0.4 is 0 Å². The van der Waals surface area contributed by atoms with Gasteiger partial charge in [-0.2, -0.15) is 5.10 Å². The highest BCUT2D eigenvalue weighted by Gasteiger charge is 2.18. The van der Waals surface area contributed by atoms with Crippen molar-refractivity contribution in [2.75, 3.05) is 0 Å². The molecule has 17 heavy (non-hydrogen) atoms. The van der Waals surface area contributed by atoms with Crippen LogP contribution >= 0.6 is 0 Å². The van der Waals surface area contributed by atoms with E-state index >= 15 is 0 Å². The van der Waals surface area contributed by atoms with Crippen molar-refractivity contribution >= 4 is 0 Å². The average Bonchev–Trinajstić information content (AvgIpc) is 2.67. The summed E-state index contributed by atoms with van der Waals surface area (Å²) in [5.74, 6) is 0.508. The molecule has 0 aliphatic rings. The molecule has 1 aromatic heterocycles. The Morgan fingerprint density at radius 1 is 1.18 bits per heavy atom. The van der Waals surface area contributed by atoms with Crippen LogP contribution in [-0.4, -0.2) is 9.78 Å². The molecule has 0 spiro atoms. The van der Waals surface area contributed by atoms with E-state index in [2.05, 4.69) is 56.2 Å². The van der Waals surface area contributed by atoms with Crippen LogP contribution in [0.25, 0.3) is 11.3 Å². The Hall–Kier alpha value is -1.57. The summed E-state index contributed by atoms with van der Waals surface area (Å²) in [6.07, 6.45) is 0.994. The molecule has 2 rings (SSSR count). The van der Waals surface area contributed by atoms with Gasteiger partial charge in [0.2, 0.25) is 0 Å². The lowest BCUT2D eigenvalue weighted by atomic mass is 9.95. The Bertz CT molecular complexity index is 495. The predicted octanol–water partition coefficient (Wildman–Crippen LogP) is 3.77. The lowest BCUT2D eigenvalue weighted by Gasteiger charge is -2.10. The highest BCUT2D eigenvalue weighted by molar-refractivity contribution is 5.65. The summed E-state index contributed by atoms with van der Waals surface area (Å²) in [7, 11) is 2.04. The van der Waals surface area contributed by atoms with E-state index in [0.717, 1.165) is 6.42 Å². The van der Waals surface area contributed by atoms with Crippen LogP contribution in [0.15, 0.2) is 30.3 Å². The zero-order chi connectivity index (χ0) is 12.4. The maximum atomic E-state index is 4.64. The first-order chi connectivity index (χ1) is 8.15. The molecule has 2 aromatic rings. The molecule has 0 atom stereocenters. The van der Waals surface area contributed by atoms with Gasteiger partial charge in [0.05, 0.1) is 11.4 Å². The van der Waals surface area contributed by atoms with Crippen LogP contribution in [0.4, 0.5) is 0 Å². The van der Waals surface area contributed by atoms with E-state index in [9.17, 15) is 0 Å². The van der Waals surface area contributed by atoms with Crippen molar-refractivity contribution in [3.63, 3.8) is 0 Å². The van der Waals surface area contributed by atoms with E-state index in [0.29, 0.717) is 5.92 Å². The molecule has 0 saturated heterocycles. The molecule has 0 unspecified atom stereocenters. The minimum absolute atomic E-state index is 0.508. The van der Waals surface area contributed by atoms with E-state index in [-0.39, 0.29) is 0 Å². The fraction of sp³-hybridized carbons (Fsp3) is 0.400. The van der Waals surface area contributed by atoms with Gasteiger partial charge in [-0.25, -0.2) is 0 Å². The fourth-order valence-corrected chi connectivity index (χ4v) is 2.40. The van der Waals surface area contributed by atoms with Gasteiger partial charge in [-0.05, 0) is 12.3 Å². The molecule has 0 amide bonds. The SMILES string of the molecule is CCc1nn(C)c(-c2ccccc2)c1C(C)C. The minimum Gasteiger partial charge on any atom is -0.267 e. The van der Waals surface area contributed by atoms with Crippen LogP contribution in [0, 0.1) is 0 Å². The molecule has 0 aliphatic heterocycles. The maximum absolute atomic E-state index is 4.64. The summed E-state index contributed by atoms with van der Waals surface area (Å²) in [6.45, 7) is 6.65. The Labute approximate surface area is 103 Å². The minimum atomic E-state index is 0.508. The number of rotatable bonds is 3. The van der Waals surface area contributed by atoms with Gasteiger partial charge in [0.1, 0.15) is 0 Å². The number of aromatic nitrogens is 2. The molecule has 0 saturated carbocycles. The van der Waals surface area contributed by atoms with Crippen molar-refractivity contribution in [1.29, 1.82) is 0 Å². The van der Waals surface area contributed by atoms with Crippen LogP contribution in [0.3, 0.4) is 0 Å². The third-order valence-corrected chi connectivity index (χ3v) is 3.12. The summed E-state index contributed by atoms with van der Waals surface area (Å²) in [5, 5.41) is 4.64. The van der Waals surface area contributed by atoms with Crippen LogP contribution in [0.5, 0.6) is 0 Å². The Kier molecular flexibility index (Phi) is 3.32. The van der Waals surface area contributed by atoms with E-state index < -0.39 is 0 Å². The molecule has 0 bridgehead atoms. The molecule has 1 heterocycles. The molecule has 2 nitrogen and oxygen atoms in total. The van der Waals surface area contributed by atoms with E-state index in [4.69, 9.17) is 0 Å². The largest absolute Gasteiger partial charge is 0.267 e. The average molecular weight is 228 g/mol. The Morgan fingerprint density at radius 3 is 2.35 bits per heavy atom. The molecule has 90 valence electrons. The monoisotopic (exact) mass is 228 g/mol. The van der Waals surface area contributed by atoms with Gasteiger partial charge >= 0.3 is 0 Å². The summed E-state index contributed by atoms with van der Waals surface area (Å²) < 4.78 is 2.02. The van der Waals surface area contributed by atoms with Crippen LogP contribution in [0.1, 0.15) is 37.9 Å². The van der Waals surface area contributed by atoms with Crippen molar-refractivity contribution in [3.8, 4) is 11.3 Å². The molecule has 0 N–H and O–H groups in total. The Balaban J connectivity index is 2.64. The molecule has 2 heteroatoms. The van der Waals surface area contributed by atoms with Crippen molar-refractivity contribution in [1.82, 2.24) is 9.78 Å². The van der Waals surface area contributed by atoms with Gasteiger partial charge in [0.15, 0.2) is 0 Å². The van der Waals surface area contributed by atoms with E-state index in [1.165, 1.54) is 22.5 Å². The second kappa shape index (κ2) is 4.74. The lowest BCUT2D eigenvalue weighted by molar-refractivity contribution is 0.752. The van der Waals surface area contributed by atoms with Crippen molar-refractivity contribution < 1.29 is 0 Å². The smallest absolute Gasteiger partial charge is 0.0716 e.